The molecule has 0 radical (unpaired) electrons. The average Bonchev–Trinajstić information content (AvgIpc) is 2.81. The van der Waals surface area contributed by atoms with Gasteiger partial charge in [0.1, 0.15) is 13.1 Å². The number of likely N-dealkylation sites (N-methyl/N-ethyl adjacent to an activating group) is 1. The van der Waals surface area contributed by atoms with Crippen molar-refractivity contribution in [3.05, 3.63) is 57.9 Å². The maximum absolute atomic E-state index is 12.7. The quantitative estimate of drug-likeness (QED) is 0.783. The zero-order valence-electron chi connectivity index (χ0n) is 17.0. The molecule has 0 aliphatic heterocycles. The maximum atomic E-state index is 12.7. The lowest BCUT2D eigenvalue weighted by atomic mass is 9.87. The first-order chi connectivity index (χ1) is 12.0. The molecule has 1 aromatic carbocycles. The minimum absolute atomic E-state index is 0.00469. The maximum Gasteiger partial charge on any atom is 0.233 e. The highest BCUT2D eigenvalue weighted by atomic mass is 16.1. The summed E-state index contributed by atoms with van der Waals surface area (Å²) in [4.78, 5) is 28.6. The third kappa shape index (κ3) is 4.50. The second-order valence-corrected chi connectivity index (χ2v) is 8.36. The SMILES string of the molecule is CC(=O)c1c(C)[nH]c(C(=O)C[NH+](C)Cc2ccc(C(C)(C)C)cc2)c1C. The molecule has 1 unspecified atom stereocenters. The minimum Gasteiger partial charge on any atom is -0.355 e. The Balaban J connectivity index is 2.06. The molecule has 0 aliphatic rings. The molecule has 2 N–H and O–H groups in total. The van der Waals surface area contributed by atoms with E-state index in [0.717, 1.165) is 22.7 Å². The number of quaternary nitrogens is 1. The van der Waals surface area contributed by atoms with E-state index in [0.29, 0.717) is 17.8 Å². The predicted molar refractivity (Wildman–Crippen MR) is 105 cm³/mol. The molecule has 0 saturated carbocycles. The Bertz CT molecular complexity index is 808. The molecular weight excluding hydrogens is 324 g/mol. The molecular formula is C22H31N2O2+. The van der Waals surface area contributed by atoms with Gasteiger partial charge in [-0.05, 0) is 37.3 Å². The highest BCUT2D eigenvalue weighted by molar-refractivity contribution is 6.03. The van der Waals surface area contributed by atoms with Gasteiger partial charge in [-0.2, -0.15) is 0 Å². The summed E-state index contributed by atoms with van der Waals surface area (Å²) in [7, 11) is 2.02. The normalized spacial score (nSPS) is 12.9. The molecule has 0 spiro atoms. The van der Waals surface area contributed by atoms with Gasteiger partial charge in [-0.25, -0.2) is 0 Å². The lowest BCUT2D eigenvalue weighted by Crippen LogP contribution is -3.08. The Labute approximate surface area is 156 Å². The van der Waals surface area contributed by atoms with E-state index in [1.54, 1.807) is 0 Å². The number of carbonyl (C=O) groups excluding carboxylic acids is 2. The van der Waals surface area contributed by atoms with E-state index in [9.17, 15) is 9.59 Å². The van der Waals surface area contributed by atoms with Crippen molar-refractivity contribution < 1.29 is 14.5 Å². The van der Waals surface area contributed by atoms with Crippen LogP contribution in [-0.2, 0) is 12.0 Å². The summed E-state index contributed by atoms with van der Waals surface area (Å²) < 4.78 is 0. The first-order valence-electron chi connectivity index (χ1n) is 9.14. The number of nitrogens with one attached hydrogen (secondary N) is 2. The van der Waals surface area contributed by atoms with Gasteiger partial charge in [0.2, 0.25) is 5.78 Å². The van der Waals surface area contributed by atoms with Crippen molar-refractivity contribution in [3.63, 3.8) is 0 Å². The molecule has 4 nitrogen and oxygen atoms in total. The van der Waals surface area contributed by atoms with E-state index >= 15 is 0 Å². The van der Waals surface area contributed by atoms with Crippen LogP contribution in [0.25, 0.3) is 0 Å². The number of hydrogen-bond donors (Lipinski definition) is 2. The van der Waals surface area contributed by atoms with Crippen LogP contribution in [-0.4, -0.2) is 30.1 Å². The number of benzene rings is 1. The topological polar surface area (TPSA) is 54.4 Å². The Kier molecular flexibility index (Phi) is 5.87. The number of aromatic nitrogens is 1. The van der Waals surface area contributed by atoms with E-state index in [1.807, 2.05) is 20.9 Å². The van der Waals surface area contributed by atoms with Gasteiger partial charge in [-0.1, -0.05) is 45.0 Å². The zero-order chi connectivity index (χ0) is 19.6. The van der Waals surface area contributed by atoms with Gasteiger partial charge in [0, 0.05) is 16.8 Å². The van der Waals surface area contributed by atoms with Crippen molar-refractivity contribution in [2.24, 2.45) is 0 Å². The molecule has 26 heavy (non-hydrogen) atoms. The number of ketones is 2. The largest absolute Gasteiger partial charge is 0.355 e. The molecule has 1 atom stereocenters. The Morgan fingerprint density at radius 3 is 2.12 bits per heavy atom. The van der Waals surface area contributed by atoms with Crippen LogP contribution in [0.15, 0.2) is 24.3 Å². The van der Waals surface area contributed by atoms with Crippen LogP contribution in [0.2, 0.25) is 0 Å². The number of Topliss-reactive ketones (excluding diaryl/α,β-unsaturated/α-hetero) is 2. The zero-order valence-corrected chi connectivity index (χ0v) is 17.0. The fourth-order valence-electron chi connectivity index (χ4n) is 3.45. The van der Waals surface area contributed by atoms with Gasteiger partial charge in [-0.3, -0.25) is 9.59 Å². The fourth-order valence-corrected chi connectivity index (χ4v) is 3.45. The number of hydrogen-bond acceptors (Lipinski definition) is 2. The molecule has 2 rings (SSSR count). The van der Waals surface area contributed by atoms with Crippen LogP contribution in [0.4, 0.5) is 0 Å². The number of rotatable bonds is 6. The molecule has 1 aromatic heterocycles. The predicted octanol–water partition coefficient (Wildman–Crippen LogP) is 3.03. The van der Waals surface area contributed by atoms with Crippen molar-refractivity contribution in [1.82, 2.24) is 4.98 Å². The lowest BCUT2D eigenvalue weighted by molar-refractivity contribution is -0.884. The monoisotopic (exact) mass is 355 g/mol. The molecule has 4 heteroatoms. The molecule has 2 aromatic rings. The standard InChI is InChI=1S/C22H30N2O2/c1-14-20(16(3)25)15(2)23-21(14)19(26)13-24(7)12-17-8-10-18(11-9-17)22(4,5)6/h8-11,23H,12-13H2,1-7H3/p+1. The summed E-state index contributed by atoms with van der Waals surface area (Å²) in [5.41, 5.74) is 5.41. The van der Waals surface area contributed by atoms with E-state index in [4.69, 9.17) is 0 Å². The van der Waals surface area contributed by atoms with Crippen LogP contribution in [0.1, 0.15) is 70.9 Å². The van der Waals surface area contributed by atoms with Crippen molar-refractivity contribution in [2.75, 3.05) is 13.6 Å². The van der Waals surface area contributed by atoms with E-state index in [2.05, 4.69) is 50.0 Å². The minimum atomic E-state index is -0.00469. The third-order valence-electron chi connectivity index (χ3n) is 4.86. The van der Waals surface area contributed by atoms with Crippen LogP contribution in [0.3, 0.4) is 0 Å². The van der Waals surface area contributed by atoms with Crippen molar-refractivity contribution in [1.29, 1.82) is 0 Å². The molecule has 0 saturated heterocycles. The third-order valence-corrected chi connectivity index (χ3v) is 4.86. The van der Waals surface area contributed by atoms with E-state index < -0.39 is 0 Å². The lowest BCUT2D eigenvalue weighted by Gasteiger charge is -2.19. The van der Waals surface area contributed by atoms with Crippen molar-refractivity contribution in [2.45, 2.75) is 53.5 Å². The number of H-pyrrole nitrogens is 1. The Hall–Kier alpha value is -2.20. The summed E-state index contributed by atoms with van der Waals surface area (Å²) in [5, 5.41) is 0. The van der Waals surface area contributed by atoms with Gasteiger partial charge in [0.15, 0.2) is 5.78 Å². The molecule has 0 amide bonds. The molecule has 0 bridgehead atoms. The molecule has 140 valence electrons. The summed E-state index contributed by atoms with van der Waals surface area (Å²) >= 11 is 0. The smallest absolute Gasteiger partial charge is 0.233 e. The molecule has 0 aliphatic carbocycles. The summed E-state index contributed by atoms with van der Waals surface area (Å²) in [6.07, 6.45) is 0. The average molecular weight is 356 g/mol. The molecule has 0 fully saturated rings. The van der Waals surface area contributed by atoms with Gasteiger partial charge in [-0.15, -0.1) is 0 Å². The van der Waals surface area contributed by atoms with Crippen LogP contribution >= 0.6 is 0 Å². The van der Waals surface area contributed by atoms with E-state index in [1.165, 1.54) is 18.1 Å². The van der Waals surface area contributed by atoms with Crippen molar-refractivity contribution >= 4 is 11.6 Å². The van der Waals surface area contributed by atoms with Crippen LogP contribution < -0.4 is 4.90 Å². The number of carbonyl (C=O) groups is 2. The second-order valence-electron chi connectivity index (χ2n) is 8.36. The van der Waals surface area contributed by atoms with Gasteiger partial charge in [0.25, 0.3) is 0 Å². The van der Waals surface area contributed by atoms with Gasteiger partial charge >= 0.3 is 0 Å². The molecule has 1 heterocycles. The second kappa shape index (κ2) is 7.58. The first-order valence-corrected chi connectivity index (χ1v) is 9.14. The number of aryl methyl sites for hydroxylation is 1. The fraction of sp³-hybridized carbons (Fsp3) is 0.455. The Morgan fingerprint density at radius 1 is 1.08 bits per heavy atom. The summed E-state index contributed by atoms with van der Waals surface area (Å²) in [6.45, 7) is 13.0. The van der Waals surface area contributed by atoms with E-state index in [-0.39, 0.29) is 17.0 Å². The van der Waals surface area contributed by atoms with Gasteiger partial charge in [0.05, 0.1) is 12.7 Å². The van der Waals surface area contributed by atoms with Crippen LogP contribution in [0.5, 0.6) is 0 Å². The highest BCUT2D eigenvalue weighted by Crippen LogP contribution is 2.22. The summed E-state index contributed by atoms with van der Waals surface area (Å²) in [6, 6.07) is 8.63. The highest BCUT2D eigenvalue weighted by Gasteiger charge is 2.22. The summed E-state index contributed by atoms with van der Waals surface area (Å²) in [5.74, 6) is 0.0388. The van der Waals surface area contributed by atoms with Crippen LogP contribution in [0, 0.1) is 13.8 Å². The first kappa shape index (κ1) is 20.1. The Morgan fingerprint density at radius 2 is 1.65 bits per heavy atom. The number of aromatic amines is 1. The van der Waals surface area contributed by atoms with Crippen molar-refractivity contribution in [3.8, 4) is 0 Å². The van der Waals surface area contributed by atoms with Gasteiger partial charge < -0.3 is 9.88 Å².